The van der Waals surface area contributed by atoms with Crippen molar-refractivity contribution in [2.24, 2.45) is 11.8 Å². The first kappa shape index (κ1) is 45.0. The van der Waals surface area contributed by atoms with E-state index >= 15 is 0 Å². The molecule has 0 saturated heterocycles. The zero-order chi connectivity index (χ0) is 39.6. The maximum absolute atomic E-state index is 14.0. The summed E-state index contributed by atoms with van der Waals surface area (Å²) in [6.07, 6.45) is 5.20. The minimum atomic E-state index is -1.17. The molecule has 1 rings (SSSR count). The van der Waals surface area contributed by atoms with E-state index in [4.69, 9.17) is 23.7 Å². The number of amides is 4. The van der Waals surface area contributed by atoms with E-state index < -0.39 is 53.7 Å². The van der Waals surface area contributed by atoms with Gasteiger partial charge in [-0.1, -0.05) is 59.4 Å². The van der Waals surface area contributed by atoms with E-state index in [1.165, 1.54) is 44.5 Å². The molecule has 0 saturated carbocycles. The van der Waals surface area contributed by atoms with Gasteiger partial charge in [-0.05, 0) is 56.7 Å². The second kappa shape index (κ2) is 22.0. The van der Waals surface area contributed by atoms with Gasteiger partial charge < -0.3 is 39.6 Å². The molecule has 0 radical (unpaired) electrons. The fraction of sp³-hybridized carbons (Fsp3) is 0.553. The summed E-state index contributed by atoms with van der Waals surface area (Å²) in [5.74, 6) is -1.17. The zero-order valence-electron chi connectivity index (χ0n) is 32.3. The molecular formula is C38H58N4O10. The van der Waals surface area contributed by atoms with E-state index in [1.807, 2.05) is 27.7 Å². The third kappa shape index (κ3) is 15.1. The number of ether oxygens (including phenoxy) is 5. The van der Waals surface area contributed by atoms with Gasteiger partial charge in [-0.2, -0.15) is 0 Å². The van der Waals surface area contributed by atoms with Crippen molar-refractivity contribution >= 4 is 36.0 Å². The van der Waals surface area contributed by atoms with Crippen molar-refractivity contribution in [2.75, 3.05) is 34.5 Å². The Morgan fingerprint density at radius 2 is 1.52 bits per heavy atom. The predicted octanol–water partition coefficient (Wildman–Crippen LogP) is 5.16. The molecule has 0 aliphatic heterocycles. The van der Waals surface area contributed by atoms with Gasteiger partial charge in [-0.3, -0.25) is 14.5 Å². The number of carbonyl (C=O) groups excluding carboxylic acids is 5. The van der Waals surface area contributed by atoms with Crippen LogP contribution >= 0.6 is 0 Å². The van der Waals surface area contributed by atoms with Crippen molar-refractivity contribution in [3.8, 4) is 11.5 Å². The number of alkyl carbamates (subject to hydrolysis) is 1. The third-order valence-corrected chi connectivity index (χ3v) is 7.74. The van der Waals surface area contributed by atoms with Crippen LogP contribution in [0.1, 0.15) is 72.4 Å². The van der Waals surface area contributed by atoms with Crippen LogP contribution in [0.2, 0.25) is 0 Å². The molecule has 52 heavy (non-hydrogen) atoms. The summed E-state index contributed by atoms with van der Waals surface area (Å²) in [6, 6.07) is 0.282. The monoisotopic (exact) mass is 730 g/mol. The normalized spacial score (nSPS) is 13.5. The maximum Gasteiger partial charge on any atom is 0.410 e. The number of benzene rings is 1. The van der Waals surface area contributed by atoms with Crippen LogP contribution in [0.15, 0.2) is 43.6 Å². The van der Waals surface area contributed by atoms with E-state index in [0.29, 0.717) is 35.5 Å². The van der Waals surface area contributed by atoms with E-state index in [0.717, 1.165) is 0 Å². The van der Waals surface area contributed by atoms with E-state index in [1.54, 1.807) is 39.0 Å². The highest BCUT2D eigenvalue weighted by molar-refractivity contribution is 5.90. The van der Waals surface area contributed by atoms with Crippen molar-refractivity contribution in [2.45, 2.75) is 91.5 Å². The standard InChI is InChI=1S/C38H58N4O10/c1-13-18-50-35(45)32(25(6)15-3)41-34(44)29(42(10)37(47)52-38(7,8)9)22-27-21-26(30(48-11)23-31(27)49-12)16-17-39-33(43)28(20-24(4)5)40-36(46)51-19-14-2/h13-14,16-17,21,23-25,28-29,32H,1-2,15,18-20,22H2,3-12H3,(H,39,43)(H,40,46)(H,41,44)/b17-16-/t25-,28-,29-,32-/m0/s1. The summed E-state index contributed by atoms with van der Waals surface area (Å²) in [5, 5.41) is 8.07. The fourth-order valence-electron chi connectivity index (χ4n) is 4.84. The number of methoxy groups -OCH3 is 2. The van der Waals surface area contributed by atoms with Gasteiger partial charge in [0.15, 0.2) is 0 Å². The molecule has 0 heterocycles. The predicted molar refractivity (Wildman–Crippen MR) is 199 cm³/mol. The summed E-state index contributed by atoms with van der Waals surface area (Å²) in [7, 11) is 4.36. The molecule has 0 aromatic heterocycles. The van der Waals surface area contributed by atoms with Crippen molar-refractivity contribution < 1.29 is 47.7 Å². The van der Waals surface area contributed by atoms with Crippen LogP contribution in [0.5, 0.6) is 11.5 Å². The van der Waals surface area contributed by atoms with Crippen molar-refractivity contribution in [1.29, 1.82) is 0 Å². The lowest BCUT2D eigenvalue weighted by Gasteiger charge is -2.32. The van der Waals surface area contributed by atoms with Crippen molar-refractivity contribution in [1.82, 2.24) is 20.9 Å². The number of nitrogens with one attached hydrogen (secondary N) is 3. The summed E-state index contributed by atoms with van der Waals surface area (Å²) in [6.45, 7) is 19.7. The molecule has 0 fully saturated rings. The molecule has 0 aliphatic rings. The van der Waals surface area contributed by atoms with Crippen LogP contribution in [-0.2, 0) is 35.0 Å². The highest BCUT2D eigenvalue weighted by atomic mass is 16.6. The molecule has 290 valence electrons. The van der Waals surface area contributed by atoms with Gasteiger partial charge in [0.05, 0.1) is 14.2 Å². The minimum Gasteiger partial charge on any atom is -0.496 e. The van der Waals surface area contributed by atoms with Crippen molar-refractivity contribution in [3.05, 3.63) is 54.8 Å². The molecule has 3 N–H and O–H groups in total. The molecule has 1 aromatic rings. The highest BCUT2D eigenvalue weighted by Gasteiger charge is 2.35. The van der Waals surface area contributed by atoms with E-state index in [2.05, 4.69) is 29.1 Å². The summed E-state index contributed by atoms with van der Waals surface area (Å²) in [5.41, 5.74) is 0.154. The molecule has 0 unspecified atom stereocenters. The molecule has 14 heteroatoms. The maximum atomic E-state index is 14.0. The molecule has 4 amide bonds. The van der Waals surface area contributed by atoms with E-state index in [-0.39, 0.29) is 31.5 Å². The van der Waals surface area contributed by atoms with Gasteiger partial charge in [0.1, 0.15) is 48.4 Å². The van der Waals surface area contributed by atoms with Gasteiger partial charge in [-0.25, -0.2) is 14.4 Å². The first-order valence-electron chi connectivity index (χ1n) is 17.2. The van der Waals surface area contributed by atoms with Crippen LogP contribution < -0.4 is 25.4 Å². The van der Waals surface area contributed by atoms with Crippen LogP contribution in [0.3, 0.4) is 0 Å². The molecule has 1 aromatic carbocycles. The Balaban J connectivity index is 3.57. The number of hydrogen-bond donors (Lipinski definition) is 3. The van der Waals surface area contributed by atoms with Crippen LogP contribution in [0, 0.1) is 11.8 Å². The first-order chi connectivity index (χ1) is 24.4. The zero-order valence-corrected chi connectivity index (χ0v) is 32.3. The van der Waals surface area contributed by atoms with Crippen LogP contribution in [0.4, 0.5) is 9.59 Å². The number of esters is 1. The quantitative estimate of drug-likeness (QED) is 0.0926. The van der Waals surface area contributed by atoms with Crippen molar-refractivity contribution in [3.63, 3.8) is 0 Å². The average molecular weight is 731 g/mol. The Hall–Kier alpha value is -5.01. The lowest BCUT2D eigenvalue weighted by molar-refractivity contribution is -0.148. The van der Waals surface area contributed by atoms with Gasteiger partial charge in [0, 0.05) is 31.3 Å². The molecule has 0 bridgehead atoms. The van der Waals surface area contributed by atoms with Gasteiger partial charge >= 0.3 is 18.2 Å². The summed E-state index contributed by atoms with van der Waals surface area (Å²) >= 11 is 0. The molecule has 0 aliphatic carbocycles. The Kier molecular flexibility index (Phi) is 19.1. The number of carbonyl (C=O) groups is 5. The average Bonchev–Trinajstić information content (AvgIpc) is 3.08. The molecule has 0 spiro atoms. The lowest BCUT2D eigenvalue weighted by atomic mass is 9.97. The first-order valence-corrected chi connectivity index (χ1v) is 17.2. The number of hydrogen-bond acceptors (Lipinski definition) is 10. The largest absolute Gasteiger partial charge is 0.496 e. The van der Waals surface area contributed by atoms with Crippen LogP contribution in [-0.4, -0.2) is 93.1 Å². The Bertz CT molecular complexity index is 1420. The Morgan fingerprint density at radius 3 is 2.06 bits per heavy atom. The molecular weight excluding hydrogens is 672 g/mol. The lowest BCUT2D eigenvalue weighted by Crippen LogP contribution is -2.55. The molecule has 14 nitrogen and oxygen atoms in total. The highest BCUT2D eigenvalue weighted by Crippen LogP contribution is 2.32. The second-order valence-corrected chi connectivity index (χ2v) is 13.6. The number of rotatable bonds is 20. The smallest absolute Gasteiger partial charge is 0.410 e. The number of nitrogens with zero attached hydrogens (tertiary/aromatic N) is 1. The third-order valence-electron chi connectivity index (χ3n) is 7.74. The Morgan fingerprint density at radius 1 is 0.904 bits per heavy atom. The number of likely N-dealkylation sites (N-methyl/N-ethyl adjacent to an activating group) is 1. The summed E-state index contributed by atoms with van der Waals surface area (Å²) < 4.78 is 27.1. The second-order valence-electron chi connectivity index (χ2n) is 13.6. The van der Waals surface area contributed by atoms with Gasteiger partial charge in [0.25, 0.3) is 0 Å². The SMILES string of the molecule is C=CCOC(=O)N[C@@H](CC(C)C)C(=O)N/C=C\c1cc(C[C@@H](C(=O)N[C@H](C(=O)OCC=C)[C@@H](C)CC)N(C)C(=O)OC(C)(C)C)c(OC)cc1OC. The summed E-state index contributed by atoms with van der Waals surface area (Å²) in [4.78, 5) is 66.7. The minimum absolute atomic E-state index is 0.00184. The topological polar surface area (TPSA) is 171 Å². The Labute approximate surface area is 308 Å². The fourth-order valence-corrected chi connectivity index (χ4v) is 4.84. The van der Waals surface area contributed by atoms with Crippen LogP contribution in [0.25, 0.3) is 6.08 Å². The molecule has 4 atom stereocenters. The van der Waals surface area contributed by atoms with Gasteiger partial charge in [-0.15, -0.1) is 0 Å². The van der Waals surface area contributed by atoms with Gasteiger partial charge in [0.2, 0.25) is 11.8 Å². The van der Waals surface area contributed by atoms with E-state index in [9.17, 15) is 24.0 Å².